The van der Waals surface area contributed by atoms with Gasteiger partial charge in [0.1, 0.15) is 5.76 Å². The molecule has 14 heavy (non-hydrogen) atoms. The second-order valence-corrected chi connectivity index (χ2v) is 3.60. The van der Waals surface area contributed by atoms with Crippen LogP contribution in [0.2, 0.25) is 5.02 Å². The Morgan fingerprint density at radius 3 is 2.71 bits per heavy atom. The van der Waals surface area contributed by atoms with Gasteiger partial charge in [0.15, 0.2) is 0 Å². The molecule has 0 spiro atoms. The lowest BCUT2D eigenvalue weighted by molar-refractivity contribution is 0.516. The summed E-state index contributed by atoms with van der Waals surface area (Å²) >= 11 is 5.90. The Kier molecular flexibility index (Phi) is 2.60. The predicted molar refractivity (Wildman–Crippen MR) is 58.5 cm³/mol. The highest BCUT2D eigenvalue weighted by atomic mass is 35.5. The standard InChI is InChI=1S/C12H11ClO/c1-2-12-7-10(8-14-12)9-4-3-5-11(13)6-9/h3-8H,2H2,1H3. The lowest BCUT2D eigenvalue weighted by Gasteiger charge is -1.96. The second-order valence-electron chi connectivity index (χ2n) is 3.17. The maximum Gasteiger partial charge on any atom is 0.104 e. The first kappa shape index (κ1) is 9.35. The Labute approximate surface area is 88.3 Å². The van der Waals surface area contributed by atoms with E-state index >= 15 is 0 Å². The molecule has 0 aliphatic heterocycles. The van der Waals surface area contributed by atoms with Crippen molar-refractivity contribution in [1.82, 2.24) is 0 Å². The van der Waals surface area contributed by atoms with Crippen LogP contribution in [0.1, 0.15) is 12.7 Å². The predicted octanol–water partition coefficient (Wildman–Crippen LogP) is 4.16. The Morgan fingerprint density at radius 1 is 1.21 bits per heavy atom. The minimum Gasteiger partial charge on any atom is -0.469 e. The van der Waals surface area contributed by atoms with Crippen molar-refractivity contribution in [2.24, 2.45) is 0 Å². The molecule has 1 heterocycles. The summed E-state index contributed by atoms with van der Waals surface area (Å²) in [5.74, 6) is 1.000. The molecule has 1 nitrogen and oxygen atoms in total. The van der Waals surface area contributed by atoms with E-state index in [1.165, 1.54) is 0 Å². The number of benzene rings is 1. The molecule has 0 radical (unpaired) electrons. The van der Waals surface area contributed by atoms with Gasteiger partial charge in [-0.25, -0.2) is 0 Å². The van der Waals surface area contributed by atoms with E-state index in [1.807, 2.05) is 30.3 Å². The SMILES string of the molecule is CCc1cc(-c2cccc(Cl)c2)co1. The zero-order valence-electron chi connectivity index (χ0n) is 7.96. The van der Waals surface area contributed by atoms with Gasteiger partial charge in [-0.3, -0.25) is 0 Å². The molecule has 0 aliphatic carbocycles. The van der Waals surface area contributed by atoms with Gasteiger partial charge in [0.2, 0.25) is 0 Å². The van der Waals surface area contributed by atoms with Crippen molar-refractivity contribution in [3.8, 4) is 11.1 Å². The molecule has 0 bridgehead atoms. The molecule has 2 heteroatoms. The first-order valence-corrected chi connectivity index (χ1v) is 5.00. The second kappa shape index (κ2) is 3.89. The summed E-state index contributed by atoms with van der Waals surface area (Å²) in [5.41, 5.74) is 2.19. The molecular formula is C12H11ClO. The number of aryl methyl sites for hydroxylation is 1. The van der Waals surface area contributed by atoms with Crippen molar-refractivity contribution < 1.29 is 4.42 Å². The van der Waals surface area contributed by atoms with E-state index < -0.39 is 0 Å². The van der Waals surface area contributed by atoms with Gasteiger partial charge in [0, 0.05) is 17.0 Å². The van der Waals surface area contributed by atoms with Crippen LogP contribution in [0.3, 0.4) is 0 Å². The molecule has 72 valence electrons. The van der Waals surface area contributed by atoms with Crippen molar-refractivity contribution in [2.45, 2.75) is 13.3 Å². The molecule has 1 aromatic carbocycles. The van der Waals surface area contributed by atoms with Crippen LogP contribution in [0.15, 0.2) is 41.0 Å². The van der Waals surface area contributed by atoms with Crippen LogP contribution in [0.5, 0.6) is 0 Å². The molecule has 0 atom stereocenters. The maximum absolute atomic E-state index is 5.90. The maximum atomic E-state index is 5.90. The quantitative estimate of drug-likeness (QED) is 0.719. The van der Waals surface area contributed by atoms with Crippen molar-refractivity contribution >= 4 is 11.6 Å². The molecular weight excluding hydrogens is 196 g/mol. The van der Waals surface area contributed by atoms with Crippen LogP contribution in [-0.4, -0.2) is 0 Å². The van der Waals surface area contributed by atoms with Crippen LogP contribution < -0.4 is 0 Å². The third-order valence-electron chi connectivity index (χ3n) is 2.16. The van der Waals surface area contributed by atoms with Gasteiger partial charge in [0.05, 0.1) is 6.26 Å². The zero-order chi connectivity index (χ0) is 9.97. The van der Waals surface area contributed by atoms with E-state index in [0.717, 1.165) is 28.3 Å². The van der Waals surface area contributed by atoms with Crippen molar-refractivity contribution in [3.63, 3.8) is 0 Å². The smallest absolute Gasteiger partial charge is 0.104 e. The van der Waals surface area contributed by atoms with Crippen molar-refractivity contribution in [1.29, 1.82) is 0 Å². The van der Waals surface area contributed by atoms with Gasteiger partial charge >= 0.3 is 0 Å². The van der Waals surface area contributed by atoms with Crippen LogP contribution in [0.4, 0.5) is 0 Å². The highest BCUT2D eigenvalue weighted by molar-refractivity contribution is 6.30. The third kappa shape index (κ3) is 1.83. The largest absolute Gasteiger partial charge is 0.469 e. The zero-order valence-corrected chi connectivity index (χ0v) is 8.71. The number of hydrogen-bond acceptors (Lipinski definition) is 1. The fourth-order valence-electron chi connectivity index (χ4n) is 1.39. The highest BCUT2D eigenvalue weighted by Crippen LogP contribution is 2.24. The molecule has 0 saturated carbocycles. The van der Waals surface area contributed by atoms with E-state index in [2.05, 4.69) is 6.92 Å². The van der Waals surface area contributed by atoms with Crippen molar-refractivity contribution in [3.05, 3.63) is 47.4 Å². The highest BCUT2D eigenvalue weighted by Gasteiger charge is 2.02. The topological polar surface area (TPSA) is 13.1 Å². The van der Waals surface area contributed by atoms with E-state index in [4.69, 9.17) is 16.0 Å². The van der Waals surface area contributed by atoms with Gasteiger partial charge in [-0.05, 0) is 23.8 Å². The number of halogens is 1. The van der Waals surface area contributed by atoms with E-state index in [9.17, 15) is 0 Å². The van der Waals surface area contributed by atoms with Gasteiger partial charge in [-0.1, -0.05) is 30.7 Å². The lowest BCUT2D eigenvalue weighted by atomic mass is 10.1. The lowest BCUT2D eigenvalue weighted by Crippen LogP contribution is -1.73. The van der Waals surface area contributed by atoms with Crippen LogP contribution in [-0.2, 0) is 6.42 Å². The van der Waals surface area contributed by atoms with Crippen LogP contribution in [0, 0.1) is 0 Å². The van der Waals surface area contributed by atoms with Crippen LogP contribution in [0.25, 0.3) is 11.1 Å². The minimum absolute atomic E-state index is 0.752. The third-order valence-corrected chi connectivity index (χ3v) is 2.40. The molecule has 0 aliphatic rings. The number of furan rings is 1. The summed E-state index contributed by atoms with van der Waals surface area (Å²) in [6.07, 6.45) is 2.69. The molecule has 1 aromatic heterocycles. The van der Waals surface area contributed by atoms with Gasteiger partial charge in [-0.2, -0.15) is 0 Å². The normalized spacial score (nSPS) is 10.4. The summed E-state index contributed by atoms with van der Waals surface area (Å²) < 4.78 is 5.36. The first-order chi connectivity index (χ1) is 6.79. The molecule has 0 saturated heterocycles. The summed E-state index contributed by atoms with van der Waals surface area (Å²) in [4.78, 5) is 0. The molecule has 0 amide bonds. The fraction of sp³-hybridized carbons (Fsp3) is 0.167. The molecule has 0 N–H and O–H groups in total. The van der Waals surface area contributed by atoms with Gasteiger partial charge in [-0.15, -0.1) is 0 Å². The Morgan fingerprint density at radius 2 is 2.07 bits per heavy atom. The van der Waals surface area contributed by atoms with Gasteiger partial charge in [0.25, 0.3) is 0 Å². The van der Waals surface area contributed by atoms with E-state index in [1.54, 1.807) is 6.26 Å². The Hall–Kier alpha value is -1.21. The molecule has 2 rings (SSSR count). The minimum atomic E-state index is 0.752. The first-order valence-electron chi connectivity index (χ1n) is 4.63. The Bertz CT molecular complexity index is 431. The van der Waals surface area contributed by atoms with Crippen LogP contribution >= 0.6 is 11.6 Å². The summed E-state index contributed by atoms with van der Waals surface area (Å²) in [5, 5.41) is 0.752. The molecule has 2 aromatic rings. The molecule has 0 fully saturated rings. The summed E-state index contributed by atoms with van der Waals surface area (Å²) in [6, 6.07) is 9.82. The van der Waals surface area contributed by atoms with E-state index in [-0.39, 0.29) is 0 Å². The van der Waals surface area contributed by atoms with Gasteiger partial charge < -0.3 is 4.42 Å². The average molecular weight is 207 g/mol. The Balaban J connectivity index is 2.39. The van der Waals surface area contributed by atoms with E-state index in [0.29, 0.717) is 0 Å². The number of rotatable bonds is 2. The monoisotopic (exact) mass is 206 g/mol. The average Bonchev–Trinajstić information content (AvgIpc) is 2.66. The molecule has 0 unspecified atom stereocenters. The summed E-state index contributed by atoms with van der Waals surface area (Å²) in [6.45, 7) is 2.07. The summed E-state index contributed by atoms with van der Waals surface area (Å²) in [7, 11) is 0. The number of hydrogen-bond donors (Lipinski definition) is 0. The van der Waals surface area contributed by atoms with Crippen molar-refractivity contribution in [2.75, 3.05) is 0 Å². The fourth-order valence-corrected chi connectivity index (χ4v) is 1.58.